The third kappa shape index (κ3) is 2.42. The molecule has 0 aliphatic carbocycles. The molecule has 0 bridgehead atoms. The first-order chi connectivity index (χ1) is 8.31. The zero-order chi connectivity index (χ0) is 11.7. The van der Waals surface area contributed by atoms with Crippen molar-refractivity contribution in [2.24, 2.45) is 0 Å². The molecule has 4 heteroatoms. The molecular formula is C13H17N3S. The first-order valence-electron chi connectivity index (χ1n) is 6.19. The minimum atomic E-state index is 0.662. The van der Waals surface area contributed by atoms with Crippen molar-refractivity contribution < 1.29 is 0 Å². The summed E-state index contributed by atoms with van der Waals surface area (Å²) >= 11 is 1.58. The average Bonchev–Trinajstić information content (AvgIpc) is 2.92. The Morgan fingerprint density at radius 1 is 1.47 bits per heavy atom. The molecule has 2 aromatic rings. The lowest BCUT2D eigenvalue weighted by Crippen LogP contribution is -2.21. The largest absolute Gasteiger partial charge is 0.375 e. The van der Waals surface area contributed by atoms with Crippen molar-refractivity contribution in [3.05, 3.63) is 23.8 Å². The Morgan fingerprint density at radius 2 is 2.41 bits per heavy atom. The van der Waals surface area contributed by atoms with E-state index in [0.717, 1.165) is 18.0 Å². The molecule has 1 aliphatic rings. The second-order valence-electron chi connectivity index (χ2n) is 4.69. The Hall–Kier alpha value is -1.13. The Bertz CT molecular complexity index is 514. The normalized spacial score (nSPS) is 20.1. The summed E-state index contributed by atoms with van der Waals surface area (Å²) in [5.74, 6) is 0. The Morgan fingerprint density at radius 3 is 3.24 bits per heavy atom. The van der Waals surface area contributed by atoms with E-state index in [0.29, 0.717) is 5.13 Å². The van der Waals surface area contributed by atoms with Crippen molar-refractivity contribution in [3.8, 4) is 0 Å². The molecule has 0 spiro atoms. The SMILES string of the molecule is Nc1nc2ccc(CCC3CCCN3)cc2s1. The van der Waals surface area contributed by atoms with E-state index in [9.17, 15) is 0 Å². The van der Waals surface area contributed by atoms with Crippen molar-refractivity contribution in [1.82, 2.24) is 10.3 Å². The van der Waals surface area contributed by atoms with Crippen molar-refractivity contribution in [3.63, 3.8) is 0 Å². The summed E-state index contributed by atoms with van der Waals surface area (Å²) in [6.45, 7) is 1.19. The van der Waals surface area contributed by atoms with Crippen LogP contribution in [0.1, 0.15) is 24.8 Å². The lowest BCUT2D eigenvalue weighted by atomic mass is 10.0. The van der Waals surface area contributed by atoms with Gasteiger partial charge in [-0.3, -0.25) is 0 Å². The van der Waals surface area contributed by atoms with Gasteiger partial charge >= 0.3 is 0 Å². The van der Waals surface area contributed by atoms with E-state index in [1.807, 2.05) is 0 Å². The fourth-order valence-electron chi connectivity index (χ4n) is 2.49. The highest BCUT2D eigenvalue weighted by molar-refractivity contribution is 7.22. The van der Waals surface area contributed by atoms with Crippen molar-refractivity contribution in [2.75, 3.05) is 12.3 Å². The highest BCUT2D eigenvalue weighted by Crippen LogP contribution is 2.25. The quantitative estimate of drug-likeness (QED) is 0.876. The number of nitrogens with zero attached hydrogens (tertiary/aromatic N) is 1. The number of nitrogen functional groups attached to an aromatic ring is 1. The standard InChI is InChI=1S/C13H17N3S/c14-13-16-11-6-4-9(8-12(11)17-13)3-5-10-2-1-7-15-10/h4,6,8,10,15H,1-3,5,7H2,(H2,14,16). The van der Waals surface area contributed by atoms with Crippen molar-refractivity contribution in [2.45, 2.75) is 31.7 Å². The average molecular weight is 247 g/mol. The fourth-order valence-corrected chi connectivity index (χ4v) is 3.28. The molecule has 3 N–H and O–H groups in total. The second kappa shape index (κ2) is 4.63. The maximum absolute atomic E-state index is 5.71. The highest BCUT2D eigenvalue weighted by Gasteiger charge is 2.13. The van der Waals surface area contributed by atoms with Crippen LogP contribution in [0.5, 0.6) is 0 Å². The number of anilines is 1. The lowest BCUT2D eigenvalue weighted by molar-refractivity contribution is 0.559. The molecule has 1 aromatic heterocycles. The third-order valence-electron chi connectivity index (χ3n) is 3.41. The summed E-state index contributed by atoms with van der Waals surface area (Å²) in [5, 5.41) is 4.20. The van der Waals surface area contributed by atoms with E-state index in [2.05, 4.69) is 28.5 Å². The second-order valence-corrected chi connectivity index (χ2v) is 5.75. The van der Waals surface area contributed by atoms with Gasteiger partial charge in [0.15, 0.2) is 5.13 Å². The van der Waals surface area contributed by atoms with Gasteiger partial charge in [-0.15, -0.1) is 0 Å². The molecule has 1 saturated heterocycles. The topological polar surface area (TPSA) is 50.9 Å². The van der Waals surface area contributed by atoms with Crippen LogP contribution in [-0.4, -0.2) is 17.6 Å². The van der Waals surface area contributed by atoms with Gasteiger partial charge in [-0.2, -0.15) is 0 Å². The maximum atomic E-state index is 5.71. The third-order valence-corrected chi connectivity index (χ3v) is 4.26. The summed E-state index contributed by atoms with van der Waals surface area (Å²) in [7, 11) is 0. The molecule has 17 heavy (non-hydrogen) atoms. The summed E-state index contributed by atoms with van der Waals surface area (Å²) in [6, 6.07) is 7.21. The number of benzene rings is 1. The van der Waals surface area contributed by atoms with Crippen LogP contribution in [0.25, 0.3) is 10.2 Å². The fraction of sp³-hybridized carbons (Fsp3) is 0.462. The minimum Gasteiger partial charge on any atom is -0.375 e. The van der Waals surface area contributed by atoms with Gasteiger partial charge in [0.1, 0.15) is 0 Å². The number of hydrogen-bond donors (Lipinski definition) is 2. The number of nitrogens with two attached hydrogens (primary N) is 1. The molecule has 1 aliphatic heterocycles. The maximum Gasteiger partial charge on any atom is 0.181 e. The van der Waals surface area contributed by atoms with Crippen LogP contribution in [0.2, 0.25) is 0 Å². The van der Waals surface area contributed by atoms with Gasteiger partial charge < -0.3 is 11.1 Å². The van der Waals surface area contributed by atoms with Gasteiger partial charge in [-0.05, 0) is 49.9 Å². The Labute approximate surface area is 105 Å². The summed E-state index contributed by atoms with van der Waals surface area (Å²) in [6.07, 6.45) is 5.04. The lowest BCUT2D eigenvalue weighted by Gasteiger charge is -2.09. The van der Waals surface area contributed by atoms with Gasteiger partial charge in [0, 0.05) is 6.04 Å². The molecule has 90 valence electrons. The predicted molar refractivity (Wildman–Crippen MR) is 73.4 cm³/mol. The van der Waals surface area contributed by atoms with Crippen LogP contribution in [0.15, 0.2) is 18.2 Å². The smallest absolute Gasteiger partial charge is 0.181 e. The Kier molecular flexibility index (Phi) is 2.99. The van der Waals surface area contributed by atoms with E-state index in [1.54, 1.807) is 11.3 Å². The number of thiazole rings is 1. The van der Waals surface area contributed by atoms with Crippen LogP contribution in [0.3, 0.4) is 0 Å². The van der Waals surface area contributed by atoms with Gasteiger partial charge in [0.2, 0.25) is 0 Å². The van der Waals surface area contributed by atoms with Crippen molar-refractivity contribution >= 4 is 26.7 Å². The number of aryl methyl sites for hydroxylation is 1. The molecule has 0 radical (unpaired) electrons. The number of fused-ring (bicyclic) bond motifs is 1. The molecule has 0 amide bonds. The van der Waals surface area contributed by atoms with Gasteiger partial charge in [-0.1, -0.05) is 17.4 Å². The van der Waals surface area contributed by atoms with E-state index in [-0.39, 0.29) is 0 Å². The monoisotopic (exact) mass is 247 g/mol. The molecule has 1 fully saturated rings. The van der Waals surface area contributed by atoms with Crippen LogP contribution in [0.4, 0.5) is 5.13 Å². The van der Waals surface area contributed by atoms with Crippen LogP contribution >= 0.6 is 11.3 Å². The molecule has 1 aromatic carbocycles. The van der Waals surface area contributed by atoms with E-state index in [4.69, 9.17) is 5.73 Å². The number of nitrogens with one attached hydrogen (secondary N) is 1. The van der Waals surface area contributed by atoms with Gasteiger partial charge in [0.25, 0.3) is 0 Å². The minimum absolute atomic E-state index is 0.662. The van der Waals surface area contributed by atoms with E-state index >= 15 is 0 Å². The van der Waals surface area contributed by atoms with Crippen LogP contribution < -0.4 is 11.1 Å². The first kappa shape index (κ1) is 11.0. The molecule has 2 heterocycles. The van der Waals surface area contributed by atoms with Crippen LogP contribution in [-0.2, 0) is 6.42 Å². The molecule has 1 atom stereocenters. The zero-order valence-electron chi connectivity index (χ0n) is 9.78. The Balaban J connectivity index is 1.71. The molecule has 3 rings (SSSR count). The van der Waals surface area contributed by atoms with Gasteiger partial charge in [0.05, 0.1) is 10.2 Å². The number of hydrogen-bond acceptors (Lipinski definition) is 4. The summed E-state index contributed by atoms with van der Waals surface area (Å²) in [5.41, 5.74) is 8.13. The molecule has 1 unspecified atom stereocenters. The number of rotatable bonds is 3. The highest BCUT2D eigenvalue weighted by atomic mass is 32.1. The van der Waals surface area contributed by atoms with Crippen molar-refractivity contribution in [1.29, 1.82) is 0 Å². The van der Waals surface area contributed by atoms with Crippen LogP contribution in [0, 0.1) is 0 Å². The summed E-state index contributed by atoms with van der Waals surface area (Å²) in [4.78, 5) is 4.28. The molecular weight excluding hydrogens is 230 g/mol. The first-order valence-corrected chi connectivity index (χ1v) is 7.01. The summed E-state index contributed by atoms with van der Waals surface area (Å²) < 4.78 is 1.21. The predicted octanol–water partition coefficient (Wildman–Crippen LogP) is 2.56. The van der Waals surface area contributed by atoms with E-state index < -0.39 is 0 Å². The number of aromatic nitrogens is 1. The van der Waals surface area contributed by atoms with E-state index in [1.165, 1.54) is 36.1 Å². The molecule has 3 nitrogen and oxygen atoms in total. The van der Waals surface area contributed by atoms with Gasteiger partial charge in [-0.25, -0.2) is 4.98 Å². The molecule has 0 saturated carbocycles. The zero-order valence-corrected chi connectivity index (χ0v) is 10.6.